The van der Waals surface area contributed by atoms with Crippen molar-refractivity contribution < 1.29 is 4.79 Å². The summed E-state index contributed by atoms with van der Waals surface area (Å²) >= 11 is 0. The van der Waals surface area contributed by atoms with Crippen LogP contribution in [-0.2, 0) is 0 Å². The molecule has 3 aromatic heterocycles. The molecule has 1 saturated heterocycles. The van der Waals surface area contributed by atoms with Crippen LogP contribution < -0.4 is 26.2 Å². The number of pyridine rings is 3. The van der Waals surface area contributed by atoms with Gasteiger partial charge in [-0.25, -0.2) is 15.0 Å². The summed E-state index contributed by atoms with van der Waals surface area (Å²) < 4.78 is 0. The van der Waals surface area contributed by atoms with Crippen LogP contribution in [0.25, 0.3) is 0 Å². The molecule has 4 N–H and O–H groups in total. The topological polar surface area (TPSA) is 116 Å². The summed E-state index contributed by atoms with van der Waals surface area (Å²) in [7, 11) is 5.94. The molecule has 0 bridgehead atoms. The standard InChI is InChI=1S/C23H29N9O/c1-30(2)23-18(5-4-8-25-23)28-19-13-21(27-15-17(19)22(24)33)29-20-7-6-16(14-26-20)32-11-9-31(3)10-12-32/h4-8,13-15H,9-12H2,1-3H3,(H2,24,33)(H2,26,27,28,29). The van der Waals surface area contributed by atoms with E-state index in [2.05, 4.69) is 48.5 Å². The van der Waals surface area contributed by atoms with Crippen LogP contribution >= 0.6 is 0 Å². The number of likely N-dealkylation sites (N-methyl/N-ethyl adjacent to an activating group) is 1. The van der Waals surface area contributed by atoms with Crippen molar-refractivity contribution >= 4 is 40.4 Å². The molecule has 0 atom stereocenters. The number of primary amides is 1. The molecule has 3 aromatic rings. The molecule has 1 amide bonds. The van der Waals surface area contributed by atoms with Crippen molar-refractivity contribution in [3.05, 3.63) is 54.5 Å². The highest BCUT2D eigenvalue weighted by atomic mass is 16.1. The second-order valence-corrected chi connectivity index (χ2v) is 8.19. The van der Waals surface area contributed by atoms with Crippen LogP contribution in [-0.4, -0.2) is 73.1 Å². The molecule has 1 fully saturated rings. The summed E-state index contributed by atoms with van der Waals surface area (Å²) in [5.74, 6) is 1.37. The van der Waals surface area contributed by atoms with Gasteiger partial charge in [-0.15, -0.1) is 0 Å². The van der Waals surface area contributed by atoms with Crippen LogP contribution in [0.3, 0.4) is 0 Å². The summed E-state index contributed by atoms with van der Waals surface area (Å²) in [6.45, 7) is 4.05. The van der Waals surface area contributed by atoms with Crippen LogP contribution in [0.5, 0.6) is 0 Å². The van der Waals surface area contributed by atoms with Crippen molar-refractivity contribution in [2.45, 2.75) is 0 Å². The van der Waals surface area contributed by atoms with Gasteiger partial charge < -0.3 is 31.1 Å². The molecule has 0 radical (unpaired) electrons. The maximum Gasteiger partial charge on any atom is 0.252 e. The quantitative estimate of drug-likeness (QED) is 0.502. The second-order valence-electron chi connectivity index (χ2n) is 8.19. The highest BCUT2D eigenvalue weighted by molar-refractivity contribution is 5.99. The number of hydrogen-bond donors (Lipinski definition) is 3. The number of carbonyl (C=O) groups excluding carboxylic acids is 1. The molecule has 0 aliphatic carbocycles. The number of hydrogen-bond acceptors (Lipinski definition) is 9. The van der Waals surface area contributed by atoms with Crippen molar-refractivity contribution in [3.8, 4) is 0 Å². The van der Waals surface area contributed by atoms with Crippen molar-refractivity contribution in [2.24, 2.45) is 5.73 Å². The zero-order chi connectivity index (χ0) is 23.4. The molecule has 172 valence electrons. The Balaban J connectivity index is 1.54. The third-order valence-corrected chi connectivity index (χ3v) is 5.52. The minimum Gasteiger partial charge on any atom is -0.368 e. The maximum atomic E-state index is 12.0. The smallest absolute Gasteiger partial charge is 0.252 e. The predicted molar refractivity (Wildman–Crippen MR) is 132 cm³/mol. The summed E-state index contributed by atoms with van der Waals surface area (Å²) in [5.41, 5.74) is 8.24. The summed E-state index contributed by atoms with van der Waals surface area (Å²) in [4.78, 5) is 31.8. The number of nitrogens with zero attached hydrogens (tertiary/aromatic N) is 6. The van der Waals surface area contributed by atoms with Crippen molar-refractivity contribution in [2.75, 3.05) is 67.8 Å². The van der Waals surface area contributed by atoms with Gasteiger partial charge in [0.2, 0.25) is 0 Å². The number of nitrogens with one attached hydrogen (secondary N) is 2. The number of carbonyl (C=O) groups is 1. The molecule has 4 heterocycles. The summed E-state index contributed by atoms with van der Waals surface area (Å²) in [5, 5.41) is 6.47. The lowest BCUT2D eigenvalue weighted by Crippen LogP contribution is -2.44. The lowest BCUT2D eigenvalue weighted by Gasteiger charge is -2.33. The van der Waals surface area contributed by atoms with E-state index in [1.54, 1.807) is 12.3 Å². The van der Waals surface area contributed by atoms with E-state index >= 15 is 0 Å². The fourth-order valence-corrected chi connectivity index (χ4v) is 3.66. The number of nitrogens with two attached hydrogens (primary N) is 1. The zero-order valence-corrected chi connectivity index (χ0v) is 19.1. The molecular weight excluding hydrogens is 418 g/mol. The van der Waals surface area contributed by atoms with E-state index in [0.717, 1.165) is 43.4 Å². The lowest BCUT2D eigenvalue weighted by atomic mass is 10.2. The Morgan fingerprint density at radius 2 is 1.73 bits per heavy atom. The monoisotopic (exact) mass is 447 g/mol. The maximum absolute atomic E-state index is 12.0. The summed E-state index contributed by atoms with van der Waals surface area (Å²) in [6, 6.07) is 9.43. The Bertz CT molecular complexity index is 1110. The van der Waals surface area contributed by atoms with Gasteiger partial charge >= 0.3 is 0 Å². The number of aromatic nitrogens is 3. The average Bonchev–Trinajstić information content (AvgIpc) is 2.80. The van der Waals surface area contributed by atoms with E-state index < -0.39 is 5.91 Å². The van der Waals surface area contributed by atoms with Crippen LogP contribution in [0, 0.1) is 0 Å². The molecule has 0 saturated carbocycles. The Morgan fingerprint density at radius 1 is 0.970 bits per heavy atom. The first-order valence-corrected chi connectivity index (χ1v) is 10.8. The number of piperazine rings is 1. The SMILES string of the molecule is CN1CCN(c2ccc(Nc3cc(Nc4cccnc4N(C)C)c(C(N)=O)cn3)nc2)CC1. The molecular formula is C23H29N9O. The first-order valence-electron chi connectivity index (χ1n) is 10.8. The molecule has 0 aromatic carbocycles. The van der Waals surface area contributed by atoms with E-state index in [9.17, 15) is 4.79 Å². The number of amides is 1. The summed E-state index contributed by atoms with van der Waals surface area (Å²) in [6.07, 6.45) is 5.04. The van der Waals surface area contributed by atoms with Crippen LogP contribution in [0.2, 0.25) is 0 Å². The van der Waals surface area contributed by atoms with Gasteiger partial charge in [0.05, 0.1) is 28.8 Å². The minimum atomic E-state index is -0.568. The predicted octanol–water partition coefficient (Wildman–Crippen LogP) is 2.28. The van der Waals surface area contributed by atoms with E-state index in [0.29, 0.717) is 17.3 Å². The molecule has 4 rings (SSSR count). The number of rotatable bonds is 7. The van der Waals surface area contributed by atoms with E-state index in [-0.39, 0.29) is 5.56 Å². The molecule has 1 aliphatic heterocycles. The Labute approximate surface area is 193 Å². The lowest BCUT2D eigenvalue weighted by molar-refractivity contribution is 0.100. The van der Waals surface area contributed by atoms with Gasteiger partial charge in [0.1, 0.15) is 11.6 Å². The van der Waals surface area contributed by atoms with Gasteiger partial charge in [-0.2, -0.15) is 0 Å². The van der Waals surface area contributed by atoms with Gasteiger partial charge in [-0.05, 0) is 31.3 Å². The Morgan fingerprint density at radius 3 is 2.39 bits per heavy atom. The van der Waals surface area contributed by atoms with Crippen LogP contribution in [0.15, 0.2) is 48.9 Å². The second kappa shape index (κ2) is 9.70. The van der Waals surface area contributed by atoms with Crippen molar-refractivity contribution in [1.82, 2.24) is 19.9 Å². The molecule has 33 heavy (non-hydrogen) atoms. The molecule has 0 unspecified atom stereocenters. The normalized spacial score (nSPS) is 14.1. The van der Waals surface area contributed by atoms with Gasteiger partial charge in [0.25, 0.3) is 5.91 Å². The van der Waals surface area contributed by atoms with Gasteiger partial charge in [0, 0.05) is 58.7 Å². The van der Waals surface area contributed by atoms with E-state index in [4.69, 9.17) is 5.73 Å². The number of anilines is 6. The minimum absolute atomic E-state index is 0.285. The fraction of sp³-hybridized carbons (Fsp3) is 0.304. The molecule has 10 heteroatoms. The van der Waals surface area contributed by atoms with E-state index in [1.165, 1.54) is 6.20 Å². The van der Waals surface area contributed by atoms with Gasteiger partial charge in [-0.1, -0.05) is 0 Å². The third kappa shape index (κ3) is 5.29. The van der Waals surface area contributed by atoms with Crippen molar-refractivity contribution in [1.29, 1.82) is 0 Å². The Kier molecular flexibility index (Phi) is 6.55. The van der Waals surface area contributed by atoms with Crippen LogP contribution in [0.1, 0.15) is 10.4 Å². The molecule has 1 aliphatic rings. The van der Waals surface area contributed by atoms with Gasteiger partial charge in [-0.3, -0.25) is 4.79 Å². The van der Waals surface area contributed by atoms with Gasteiger partial charge in [0.15, 0.2) is 5.82 Å². The average molecular weight is 448 g/mol. The zero-order valence-electron chi connectivity index (χ0n) is 19.1. The first-order chi connectivity index (χ1) is 15.9. The Hall–Kier alpha value is -3.92. The fourth-order valence-electron chi connectivity index (χ4n) is 3.66. The van der Waals surface area contributed by atoms with E-state index in [1.807, 2.05) is 43.4 Å². The first kappa shape index (κ1) is 22.3. The highest BCUT2D eigenvalue weighted by Crippen LogP contribution is 2.29. The van der Waals surface area contributed by atoms with Crippen LogP contribution in [0.4, 0.5) is 34.5 Å². The van der Waals surface area contributed by atoms with Crippen molar-refractivity contribution in [3.63, 3.8) is 0 Å². The largest absolute Gasteiger partial charge is 0.368 e. The highest BCUT2D eigenvalue weighted by Gasteiger charge is 2.16. The third-order valence-electron chi connectivity index (χ3n) is 5.52. The molecule has 0 spiro atoms. The molecule has 10 nitrogen and oxygen atoms in total.